The van der Waals surface area contributed by atoms with Crippen LogP contribution < -0.4 is 5.32 Å². The zero-order valence-electron chi connectivity index (χ0n) is 18.3. The molecule has 0 aromatic heterocycles. The molecular weight excluding hydrogens is 427 g/mol. The molecule has 1 amide bonds. The van der Waals surface area contributed by atoms with E-state index in [1.807, 2.05) is 24.3 Å². The number of nitrogens with zero attached hydrogens (tertiary/aromatic N) is 1. The number of carbonyl (C=O) groups excluding carboxylic acids is 1. The molecule has 2 unspecified atom stereocenters. The second kappa shape index (κ2) is 10.6. The van der Waals surface area contributed by atoms with Gasteiger partial charge in [-0.25, -0.2) is 4.39 Å². The number of aliphatic imine (C=N–C) groups is 1. The number of benzene rings is 2. The topological polar surface area (TPSA) is 59.9 Å². The Morgan fingerprint density at radius 1 is 1.25 bits per heavy atom. The molecule has 5 nitrogen and oxygen atoms in total. The van der Waals surface area contributed by atoms with Crippen LogP contribution in [0.15, 0.2) is 59.6 Å². The molecule has 0 aliphatic carbocycles. The van der Waals surface area contributed by atoms with Gasteiger partial charge in [0.2, 0.25) is 0 Å². The van der Waals surface area contributed by atoms with Crippen molar-refractivity contribution in [2.75, 3.05) is 25.6 Å². The summed E-state index contributed by atoms with van der Waals surface area (Å²) in [6, 6.07) is 15.8. The highest BCUT2D eigenvalue weighted by Gasteiger charge is 2.50. The van der Waals surface area contributed by atoms with Crippen molar-refractivity contribution in [3.8, 4) is 0 Å². The molecule has 32 heavy (non-hydrogen) atoms. The Bertz CT molecular complexity index is 955. The van der Waals surface area contributed by atoms with Crippen molar-refractivity contribution < 1.29 is 18.7 Å². The second-order valence-corrected chi connectivity index (χ2v) is 9.25. The summed E-state index contributed by atoms with van der Waals surface area (Å²) >= 11 is 1.48. The number of rotatable bonds is 7. The van der Waals surface area contributed by atoms with Gasteiger partial charge in [-0.3, -0.25) is 9.79 Å². The normalized spacial score (nSPS) is 25.0. The first kappa shape index (κ1) is 23.0. The van der Waals surface area contributed by atoms with Crippen LogP contribution in [0.5, 0.6) is 0 Å². The van der Waals surface area contributed by atoms with Gasteiger partial charge in [-0.15, -0.1) is 0 Å². The summed E-state index contributed by atoms with van der Waals surface area (Å²) in [5, 5.41) is 3.46. The number of amidine groups is 1. The van der Waals surface area contributed by atoms with Gasteiger partial charge in [0, 0.05) is 35.8 Å². The van der Waals surface area contributed by atoms with Gasteiger partial charge < -0.3 is 14.8 Å². The third-order valence-electron chi connectivity index (χ3n) is 6.01. The monoisotopic (exact) mass is 456 g/mol. The zero-order chi connectivity index (χ0) is 22.4. The first-order valence-corrected chi connectivity index (χ1v) is 12.1. The lowest BCUT2D eigenvalue weighted by atomic mass is 9.73. The maximum absolute atomic E-state index is 15.0. The first-order chi connectivity index (χ1) is 15.6. The summed E-state index contributed by atoms with van der Waals surface area (Å²) in [6.07, 6.45) is 2.40. The molecule has 0 saturated carbocycles. The lowest BCUT2D eigenvalue weighted by molar-refractivity contribution is -0.0882. The van der Waals surface area contributed by atoms with E-state index < -0.39 is 5.54 Å². The Hall–Kier alpha value is -2.22. The van der Waals surface area contributed by atoms with E-state index in [4.69, 9.17) is 14.5 Å². The van der Waals surface area contributed by atoms with Crippen molar-refractivity contribution in [1.82, 2.24) is 5.32 Å². The standard InChI is InChI=1S/C25H29FN2O3S/c1-2-3-13-30-16-20-14-25(21-11-7-8-12-22(21)26)19(15-31-20)17-32-24(28-25)27-23(29)18-9-5-4-6-10-18/h4-12,19-20H,2-3,13-17H2,1H3,(H,27,28,29)/t19?,20-,25?/m1/s1. The number of hydrogen-bond donors (Lipinski definition) is 1. The predicted molar refractivity (Wildman–Crippen MR) is 125 cm³/mol. The molecule has 1 saturated heterocycles. The van der Waals surface area contributed by atoms with Crippen LogP contribution in [0.2, 0.25) is 0 Å². The maximum Gasteiger partial charge on any atom is 0.257 e. The fourth-order valence-electron chi connectivity index (χ4n) is 4.27. The molecule has 2 heterocycles. The van der Waals surface area contributed by atoms with Gasteiger partial charge in [0.1, 0.15) is 5.82 Å². The van der Waals surface area contributed by atoms with Gasteiger partial charge >= 0.3 is 0 Å². The van der Waals surface area contributed by atoms with Crippen LogP contribution in [-0.4, -0.2) is 42.8 Å². The fourth-order valence-corrected chi connectivity index (χ4v) is 5.40. The maximum atomic E-state index is 15.0. The van der Waals surface area contributed by atoms with Crippen LogP contribution in [-0.2, 0) is 15.0 Å². The fraction of sp³-hybridized carbons (Fsp3) is 0.440. The first-order valence-electron chi connectivity index (χ1n) is 11.2. The number of hydrogen-bond acceptors (Lipinski definition) is 5. The average molecular weight is 457 g/mol. The summed E-state index contributed by atoms with van der Waals surface area (Å²) in [5.74, 6) is 0.194. The van der Waals surface area contributed by atoms with E-state index in [0.717, 1.165) is 12.8 Å². The molecule has 0 bridgehead atoms. The minimum absolute atomic E-state index is 0.00803. The number of thioether (sulfide) groups is 1. The Morgan fingerprint density at radius 2 is 2.03 bits per heavy atom. The average Bonchev–Trinajstić information content (AvgIpc) is 2.82. The highest BCUT2D eigenvalue weighted by Crippen LogP contribution is 2.47. The van der Waals surface area contributed by atoms with E-state index >= 15 is 4.39 Å². The number of ether oxygens (including phenoxy) is 2. The highest BCUT2D eigenvalue weighted by molar-refractivity contribution is 8.13. The van der Waals surface area contributed by atoms with Crippen molar-refractivity contribution in [1.29, 1.82) is 0 Å². The molecule has 0 spiro atoms. The van der Waals surface area contributed by atoms with Gasteiger partial charge in [-0.1, -0.05) is 61.5 Å². The van der Waals surface area contributed by atoms with Crippen molar-refractivity contribution in [2.24, 2.45) is 10.9 Å². The number of unbranched alkanes of at least 4 members (excludes halogenated alkanes) is 1. The Balaban J connectivity index is 1.62. The molecule has 3 atom stereocenters. The number of carbonyl (C=O) groups is 1. The van der Waals surface area contributed by atoms with Gasteiger partial charge in [0.25, 0.3) is 5.91 Å². The van der Waals surface area contributed by atoms with Crippen LogP contribution >= 0.6 is 11.8 Å². The molecule has 170 valence electrons. The third kappa shape index (κ3) is 5.05. The molecule has 1 fully saturated rings. The van der Waals surface area contributed by atoms with Crippen molar-refractivity contribution in [3.05, 3.63) is 71.5 Å². The summed E-state index contributed by atoms with van der Waals surface area (Å²) in [7, 11) is 0. The van der Waals surface area contributed by atoms with Crippen LogP contribution in [0.1, 0.15) is 42.1 Å². The zero-order valence-corrected chi connectivity index (χ0v) is 19.1. The molecular formula is C25H29FN2O3S. The van der Waals surface area contributed by atoms with Crippen molar-refractivity contribution in [3.63, 3.8) is 0 Å². The third-order valence-corrected chi connectivity index (χ3v) is 7.05. The molecule has 4 rings (SSSR count). The molecule has 2 aromatic rings. The predicted octanol–water partition coefficient (Wildman–Crippen LogP) is 4.78. The van der Waals surface area contributed by atoms with Gasteiger partial charge in [0.05, 0.1) is 24.9 Å². The number of nitrogens with one attached hydrogen (secondary N) is 1. The van der Waals surface area contributed by atoms with Crippen molar-refractivity contribution in [2.45, 2.75) is 37.8 Å². The smallest absolute Gasteiger partial charge is 0.257 e. The van der Waals surface area contributed by atoms with E-state index in [-0.39, 0.29) is 23.7 Å². The second-order valence-electron chi connectivity index (χ2n) is 8.24. The van der Waals surface area contributed by atoms with Gasteiger partial charge in [0.15, 0.2) is 5.17 Å². The SMILES string of the molecule is CCCCOC[C@H]1CC2(c3ccccc3F)N=C(NC(=O)c3ccccc3)SCC2CO1. The van der Waals surface area contributed by atoms with Crippen LogP contribution in [0.25, 0.3) is 0 Å². The Morgan fingerprint density at radius 3 is 2.81 bits per heavy atom. The minimum atomic E-state index is -0.799. The van der Waals surface area contributed by atoms with E-state index in [1.165, 1.54) is 17.8 Å². The molecule has 2 aliphatic heterocycles. The van der Waals surface area contributed by atoms with E-state index in [1.54, 1.807) is 24.3 Å². The lowest BCUT2D eigenvalue weighted by Crippen LogP contribution is -2.51. The summed E-state index contributed by atoms with van der Waals surface area (Å²) in [6.45, 7) is 3.74. The minimum Gasteiger partial charge on any atom is -0.379 e. The number of amides is 1. The highest BCUT2D eigenvalue weighted by atomic mass is 32.2. The lowest BCUT2D eigenvalue weighted by Gasteiger charge is -2.47. The molecule has 7 heteroatoms. The van der Waals surface area contributed by atoms with E-state index in [9.17, 15) is 4.79 Å². The number of halogens is 1. The molecule has 2 aromatic carbocycles. The Kier molecular flexibility index (Phi) is 7.60. The summed E-state index contributed by atoms with van der Waals surface area (Å²) in [5.41, 5.74) is 0.318. The molecule has 2 aliphatic rings. The van der Waals surface area contributed by atoms with Crippen molar-refractivity contribution >= 4 is 22.8 Å². The summed E-state index contributed by atoms with van der Waals surface area (Å²) in [4.78, 5) is 17.7. The molecule has 0 radical (unpaired) electrons. The Labute approximate surface area is 192 Å². The van der Waals surface area contributed by atoms with E-state index in [0.29, 0.717) is 48.3 Å². The van der Waals surface area contributed by atoms with Crippen LogP contribution in [0.3, 0.4) is 0 Å². The van der Waals surface area contributed by atoms with Crippen LogP contribution in [0, 0.1) is 11.7 Å². The number of fused-ring (bicyclic) bond motifs is 1. The largest absolute Gasteiger partial charge is 0.379 e. The van der Waals surface area contributed by atoms with E-state index in [2.05, 4.69) is 12.2 Å². The van der Waals surface area contributed by atoms with Crippen LogP contribution in [0.4, 0.5) is 4.39 Å². The summed E-state index contributed by atoms with van der Waals surface area (Å²) < 4.78 is 26.9. The van der Waals surface area contributed by atoms with Gasteiger partial charge in [-0.2, -0.15) is 0 Å². The van der Waals surface area contributed by atoms with Gasteiger partial charge in [-0.05, 0) is 24.6 Å². The quantitative estimate of drug-likeness (QED) is 0.610. The molecule has 1 N–H and O–H groups in total.